The fraction of sp³-hybridized carbons (Fsp3) is 0.375. The van der Waals surface area contributed by atoms with Crippen LogP contribution < -0.4 is 0 Å². The molecule has 0 fully saturated rings. The fourth-order valence-electron chi connectivity index (χ4n) is 5.97. The van der Waals surface area contributed by atoms with Crippen LogP contribution in [0.2, 0.25) is 21.5 Å². The number of rotatable bonds is 11. The Morgan fingerprint density at radius 3 is 1.39 bits per heavy atom. The summed E-state index contributed by atoms with van der Waals surface area (Å²) in [5.74, 6) is 0. The van der Waals surface area contributed by atoms with Crippen molar-refractivity contribution in [2.45, 2.75) is 73.9 Å². The first-order chi connectivity index (χ1) is 17.3. The molecule has 36 heavy (non-hydrogen) atoms. The molecule has 4 heteroatoms. The number of allylic oxidation sites excluding steroid dienone is 8. The Balaban J connectivity index is 1.88. The van der Waals surface area contributed by atoms with Gasteiger partial charge in [0.15, 0.2) is 0 Å². The normalized spacial score (nSPS) is 21.0. The number of hydrogen-bond donors (Lipinski definition) is 0. The number of halogens is 2. The van der Waals surface area contributed by atoms with Gasteiger partial charge in [-0.1, -0.05) is 0 Å². The molecule has 0 bridgehead atoms. The van der Waals surface area contributed by atoms with E-state index in [-0.39, 0.29) is 8.45 Å². The van der Waals surface area contributed by atoms with Crippen molar-refractivity contribution in [2.75, 3.05) is 0 Å². The van der Waals surface area contributed by atoms with Crippen LogP contribution in [-0.2, 0) is 12.4 Å². The second-order valence-corrected chi connectivity index (χ2v) is 40.3. The van der Waals surface area contributed by atoms with Crippen molar-refractivity contribution in [3.8, 4) is 0 Å². The van der Waals surface area contributed by atoms with Crippen LogP contribution >= 0.6 is 18.6 Å². The summed E-state index contributed by atoms with van der Waals surface area (Å²) in [5, 5.41) is 0. The van der Waals surface area contributed by atoms with Gasteiger partial charge in [0.25, 0.3) is 0 Å². The second kappa shape index (κ2) is 11.7. The van der Waals surface area contributed by atoms with Crippen LogP contribution in [0.15, 0.2) is 96.1 Å². The van der Waals surface area contributed by atoms with E-state index < -0.39 is 19.1 Å². The molecule has 0 nitrogen and oxygen atoms in total. The number of hydrogen-bond acceptors (Lipinski definition) is 0. The van der Waals surface area contributed by atoms with Gasteiger partial charge in [-0.2, -0.15) is 0 Å². The average molecular weight is 573 g/mol. The molecule has 0 aliphatic heterocycles. The number of unbranched alkanes of at least 4 members (excludes halogenated alkanes) is 2. The zero-order valence-electron chi connectivity index (χ0n) is 22.3. The molecule has 0 heterocycles. The third kappa shape index (κ3) is 5.38. The molecule has 2 unspecified atom stereocenters. The summed E-state index contributed by atoms with van der Waals surface area (Å²) in [6.45, 7) is 7.86. The summed E-state index contributed by atoms with van der Waals surface area (Å²) >= 11 is -4.27. The van der Waals surface area contributed by atoms with E-state index in [0.29, 0.717) is 0 Å². The third-order valence-electron chi connectivity index (χ3n) is 8.26. The van der Waals surface area contributed by atoms with E-state index in [2.05, 4.69) is 112 Å². The van der Waals surface area contributed by atoms with Crippen LogP contribution in [-0.4, -0.2) is 6.66 Å². The topological polar surface area (TPSA) is 0 Å². The molecule has 0 saturated carbocycles. The van der Waals surface area contributed by atoms with Crippen LogP contribution in [0.4, 0.5) is 0 Å². The summed E-state index contributed by atoms with van der Waals surface area (Å²) in [5.41, 5.74) is 8.10. The van der Waals surface area contributed by atoms with E-state index in [1.165, 1.54) is 59.1 Å². The molecule has 2 aliphatic rings. The Kier molecular flexibility index (Phi) is 9.12. The van der Waals surface area contributed by atoms with Gasteiger partial charge in [0.05, 0.1) is 0 Å². The molecule has 2 aromatic carbocycles. The van der Waals surface area contributed by atoms with Crippen molar-refractivity contribution in [3.05, 3.63) is 107 Å². The van der Waals surface area contributed by atoms with Gasteiger partial charge in [0.2, 0.25) is 0 Å². The molecular formula is C32H41Cl2SiTi. The van der Waals surface area contributed by atoms with Gasteiger partial charge in [-0.15, -0.1) is 0 Å². The van der Waals surface area contributed by atoms with Crippen molar-refractivity contribution in [1.29, 1.82) is 0 Å². The Labute approximate surface area is 228 Å². The van der Waals surface area contributed by atoms with E-state index in [9.17, 15) is 0 Å². The van der Waals surface area contributed by atoms with Gasteiger partial charge in [0.1, 0.15) is 0 Å². The quantitative estimate of drug-likeness (QED) is 0.235. The molecule has 0 radical (unpaired) electrons. The molecule has 0 spiro atoms. The predicted molar refractivity (Wildman–Crippen MR) is 162 cm³/mol. The van der Waals surface area contributed by atoms with Gasteiger partial charge in [-0.05, 0) is 0 Å². The summed E-state index contributed by atoms with van der Waals surface area (Å²) in [6.07, 6.45) is 16.9. The summed E-state index contributed by atoms with van der Waals surface area (Å²) in [7, 11) is 16.6. The van der Waals surface area contributed by atoms with Gasteiger partial charge >= 0.3 is 230 Å². The van der Waals surface area contributed by atoms with Crippen molar-refractivity contribution < 1.29 is 12.4 Å². The van der Waals surface area contributed by atoms with Crippen molar-refractivity contribution in [3.63, 3.8) is 0 Å². The minimum absolute atomic E-state index is 0.130. The molecule has 2 aromatic rings. The number of benzene rings is 2. The van der Waals surface area contributed by atoms with E-state index in [0.717, 1.165) is 12.8 Å². The third-order valence-corrected chi connectivity index (χ3v) is 43.6. The Hall–Kier alpha value is -1.09. The summed E-state index contributed by atoms with van der Waals surface area (Å²) in [4.78, 5) is 0. The zero-order chi connectivity index (χ0) is 25.8. The molecule has 4 rings (SSSR count). The first kappa shape index (κ1) is 27.9. The molecule has 191 valence electrons. The zero-order valence-corrected chi connectivity index (χ0v) is 26.5. The SMILES string of the molecule is CCCCC1=C[CH]([Ti]([Cl])([Cl])([CH]2C=C(CCCC)C=C2c2ccccc2)[SiH](C)C)C(c2ccccc2)=C1. The van der Waals surface area contributed by atoms with Crippen LogP contribution in [0.25, 0.3) is 11.1 Å². The van der Waals surface area contributed by atoms with Gasteiger partial charge < -0.3 is 0 Å². The Morgan fingerprint density at radius 1 is 0.667 bits per heavy atom. The molecule has 0 N–H and O–H groups in total. The van der Waals surface area contributed by atoms with Gasteiger partial charge in [-0.3, -0.25) is 0 Å². The van der Waals surface area contributed by atoms with E-state index in [1.807, 2.05) is 0 Å². The first-order valence-electron chi connectivity index (χ1n) is 13.8. The molecule has 2 atom stereocenters. The van der Waals surface area contributed by atoms with E-state index in [1.54, 1.807) is 0 Å². The maximum atomic E-state index is 8.28. The van der Waals surface area contributed by atoms with Gasteiger partial charge in [-0.25, -0.2) is 0 Å². The van der Waals surface area contributed by atoms with Crippen LogP contribution in [0.1, 0.15) is 63.5 Å². The standard InChI is InChI=1S/2C15H17.C2H7Si.2ClH.Ti/c2*1-2-3-7-13-10-11-15(12-13)14-8-5-4-6-9-14;1-3-2;;;/h2*4-6,8-12H,2-3,7H2,1H3;3H,1-2H3;2*1H;/q;;;;;+2/p-2. The van der Waals surface area contributed by atoms with E-state index in [4.69, 9.17) is 18.6 Å². The van der Waals surface area contributed by atoms with Crippen molar-refractivity contribution >= 4 is 36.4 Å². The average Bonchev–Trinajstić information content (AvgIpc) is 3.53. The monoisotopic (exact) mass is 571 g/mol. The van der Waals surface area contributed by atoms with Gasteiger partial charge in [0, 0.05) is 0 Å². The molecule has 2 aliphatic carbocycles. The summed E-state index contributed by atoms with van der Waals surface area (Å²) in [6, 6.07) is 21.7. The minimum atomic E-state index is -4.27. The van der Waals surface area contributed by atoms with Crippen LogP contribution in [0.5, 0.6) is 0 Å². The molecule has 0 aromatic heterocycles. The van der Waals surface area contributed by atoms with Crippen molar-refractivity contribution in [2.24, 2.45) is 0 Å². The second-order valence-electron chi connectivity index (χ2n) is 11.0. The molecule has 0 saturated heterocycles. The Bertz CT molecular complexity index is 1090. The fourth-order valence-corrected chi connectivity index (χ4v) is 24.3. The van der Waals surface area contributed by atoms with E-state index >= 15 is 0 Å². The van der Waals surface area contributed by atoms with Crippen molar-refractivity contribution in [1.82, 2.24) is 0 Å². The summed E-state index contributed by atoms with van der Waals surface area (Å²) < 4.78 is 0.260. The molecular weight excluding hydrogens is 531 g/mol. The molecule has 0 amide bonds. The Morgan fingerprint density at radius 2 is 1.06 bits per heavy atom. The maximum absolute atomic E-state index is 8.28. The predicted octanol–water partition coefficient (Wildman–Crippen LogP) is 11.0. The van der Waals surface area contributed by atoms with Crippen LogP contribution in [0, 0.1) is 0 Å². The first-order valence-corrected chi connectivity index (χ1v) is 25.5. The van der Waals surface area contributed by atoms with Crippen LogP contribution in [0.3, 0.4) is 0 Å².